The number of phosphoric acid groups is 1. The molecule has 1 fully saturated rings. The molecule has 2 heterocycles. The molecule has 356 valence electrons. The molecular formula is C48H70ClN3O11P-. The zero-order valence-electron chi connectivity index (χ0n) is 38.7. The minimum atomic E-state index is -4.62. The number of hydrogen-bond acceptors (Lipinski definition) is 12. The maximum absolute atomic E-state index is 13.5. The third-order valence-corrected chi connectivity index (χ3v) is 12.0. The van der Waals surface area contributed by atoms with Crippen molar-refractivity contribution in [2.75, 3.05) is 73.8 Å². The van der Waals surface area contributed by atoms with Crippen LogP contribution in [0.4, 0.5) is 0 Å². The molecule has 1 aliphatic heterocycles. The first-order valence-corrected chi connectivity index (χ1v) is 24.7. The molecule has 1 aromatic carbocycles. The van der Waals surface area contributed by atoms with Gasteiger partial charge in [-0.05, 0) is 74.1 Å². The van der Waals surface area contributed by atoms with Crippen molar-refractivity contribution in [1.82, 2.24) is 14.4 Å². The number of phosphoric ester groups is 1. The number of halogens is 1. The molecule has 1 aromatic heterocycles. The molecule has 3 rings (SSSR count). The number of benzene rings is 1. The van der Waals surface area contributed by atoms with E-state index in [1.807, 2.05) is 18.9 Å². The van der Waals surface area contributed by atoms with Crippen LogP contribution >= 0.6 is 19.4 Å². The fourth-order valence-electron chi connectivity index (χ4n) is 6.99. The summed E-state index contributed by atoms with van der Waals surface area (Å²) in [6.07, 6.45) is 17.9. The van der Waals surface area contributed by atoms with Gasteiger partial charge in [0.15, 0.2) is 6.23 Å². The number of methoxy groups -OCH3 is 1. The Labute approximate surface area is 386 Å². The zero-order valence-corrected chi connectivity index (χ0v) is 40.4. The first-order valence-electron chi connectivity index (χ1n) is 22.9. The van der Waals surface area contributed by atoms with E-state index in [9.17, 15) is 19.0 Å². The van der Waals surface area contributed by atoms with E-state index < -0.39 is 26.1 Å². The van der Waals surface area contributed by atoms with Gasteiger partial charge < -0.3 is 47.4 Å². The predicted octanol–water partition coefficient (Wildman–Crippen LogP) is 8.19. The highest BCUT2D eigenvalue weighted by molar-refractivity contribution is 7.45. The Morgan fingerprint density at radius 2 is 1.53 bits per heavy atom. The second-order valence-electron chi connectivity index (χ2n) is 15.9. The molecule has 64 heavy (non-hydrogen) atoms. The summed E-state index contributed by atoms with van der Waals surface area (Å²) in [6, 6.07) is 5.23. The molecule has 0 radical (unpaired) electrons. The van der Waals surface area contributed by atoms with Crippen molar-refractivity contribution in [2.45, 2.75) is 136 Å². The van der Waals surface area contributed by atoms with Crippen molar-refractivity contribution in [3.63, 3.8) is 0 Å². The highest BCUT2D eigenvalue weighted by atomic mass is 35.5. The molecule has 1 saturated heterocycles. The Hall–Kier alpha value is -3.42. The summed E-state index contributed by atoms with van der Waals surface area (Å²) >= 11 is 5.31. The lowest BCUT2D eigenvalue weighted by molar-refractivity contribution is -0.230. The maximum atomic E-state index is 13.5. The number of ether oxygens (including phenoxy) is 5. The van der Waals surface area contributed by atoms with Crippen molar-refractivity contribution in [3.8, 4) is 40.7 Å². The van der Waals surface area contributed by atoms with Crippen LogP contribution in [-0.4, -0.2) is 112 Å². The van der Waals surface area contributed by atoms with Crippen LogP contribution in [0.1, 0.15) is 126 Å². The number of aromatic nitrogens is 1. The van der Waals surface area contributed by atoms with E-state index in [4.69, 9.17) is 44.3 Å². The van der Waals surface area contributed by atoms with Crippen LogP contribution in [0.2, 0.25) is 0 Å². The van der Waals surface area contributed by atoms with Gasteiger partial charge >= 0.3 is 5.91 Å². The van der Waals surface area contributed by atoms with E-state index in [2.05, 4.69) is 41.9 Å². The number of rotatable bonds is 35. The third-order valence-electron chi connectivity index (χ3n) is 11.0. The van der Waals surface area contributed by atoms with E-state index >= 15 is 0 Å². The lowest BCUT2D eigenvalue weighted by Gasteiger charge is -2.26. The van der Waals surface area contributed by atoms with Gasteiger partial charge in [-0.2, -0.15) is 0 Å². The molecule has 0 aliphatic carbocycles. The summed E-state index contributed by atoms with van der Waals surface area (Å²) in [4.78, 5) is 42.6. The number of fused-ring (bicyclic) bond motifs is 1. The number of unbranched alkanes of at least 4 members (excludes halogenated alkanes) is 14. The van der Waals surface area contributed by atoms with Gasteiger partial charge in [-0.1, -0.05) is 104 Å². The summed E-state index contributed by atoms with van der Waals surface area (Å²) in [5.41, 5.74) is 1.75. The van der Waals surface area contributed by atoms with Crippen LogP contribution in [0.5, 0.6) is 5.75 Å². The lowest BCUT2D eigenvalue weighted by atomic mass is 10.0. The quantitative estimate of drug-likeness (QED) is 0.0216. The maximum Gasteiger partial charge on any atom is 0.308 e. The summed E-state index contributed by atoms with van der Waals surface area (Å²) in [6.45, 7) is 7.29. The van der Waals surface area contributed by atoms with Gasteiger partial charge in [0.25, 0.3) is 7.82 Å². The molecule has 0 spiro atoms. The van der Waals surface area contributed by atoms with Crippen molar-refractivity contribution in [1.29, 1.82) is 0 Å². The van der Waals surface area contributed by atoms with Gasteiger partial charge in [0.1, 0.15) is 25.4 Å². The highest BCUT2D eigenvalue weighted by Gasteiger charge is 2.40. The molecular weight excluding hydrogens is 861 g/mol. The fraction of sp³-hybridized carbons (Fsp3) is 0.667. The molecule has 16 heteroatoms. The number of amides is 1. The summed E-state index contributed by atoms with van der Waals surface area (Å²) in [5, 5.41) is 2.79. The van der Waals surface area contributed by atoms with Crippen molar-refractivity contribution >= 4 is 42.1 Å². The SMILES string of the molecule is CCCCCCCCCCCCCCCCCOCOCC(COP(=O)([O-])OCCN(C)CC)OCOC1CN1C(=O)Cc1c(C)n(C(=O)C#CC#CC#CCl)c2ccc(OC)cc12. The molecule has 0 bridgehead atoms. The molecule has 14 nitrogen and oxygen atoms in total. The standard InChI is InChI=1S/C48H71ClN3O11P/c1-6-8-9-10-11-12-13-14-15-16-17-18-19-22-25-31-58-38-59-36-42(37-63-64(55,56)62-32-30-50(4)7-2)60-39-61-48-35-51(48)47(54)34-43-40(3)52(46(53)26-23-20-21-24-29-49)45-28-27-41(57-5)33-44(43)45/h27-28,33,42,48H,6-19,22,25,30-32,34-39H2,1-5H3,(H,55,56)/p-1. The van der Waals surface area contributed by atoms with Gasteiger partial charge in [-0.25, -0.2) is 0 Å². The van der Waals surface area contributed by atoms with Crippen LogP contribution < -0.4 is 9.63 Å². The van der Waals surface area contributed by atoms with E-state index in [1.54, 1.807) is 25.1 Å². The Morgan fingerprint density at radius 3 is 2.17 bits per heavy atom. The molecule has 3 atom stereocenters. The van der Waals surface area contributed by atoms with Gasteiger partial charge in [0, 0.05) is 47.4 Å². The van der Waals surface area contributed by atoms with Crippen molar-refractivity contribution in [2.24, 2.45) is 0 Å². The largest absolute Gasteiger partial charge is 0.756 e. The minimum Gasteiger partial charge on any atom is -0.756 e. The van der Waals surface area contributed by atoms with Gasteiger partial charge in [-0.15, -0.1) is 0 Å². The number of carbonyl (C=O) groups is 2. The van der Waals surface area contributed by atoms with Crippen LogP contribution in [0, 0.1) is 41.9 Å². The highest BCUT2D eigenvalue weighted by Crippen LogP contribution is 2.38. The van der Waals surface area contributed by atoms with Gasteiger partial charge in [0.2, 0.25) is 5.91 Å². The second kappa shape index (κ2) is 32.3. The lowest BCUT2D eigenvalue weighted by Crippen LogP contribution is -2.29. The van der Waals surface area contributed by atoms with Crippen LogP contribution in [0.15, 0.2) is 18.2 Å². The van der Waals surface area contributed by atoms with Crippen LogP contribution in [0.3, 0.4) is 0 Å². The average Bonchev–Trinajstić information content (AvgIpc) is 4.02. The number of likely N-dealkylation sites (N-methyl/N-ethyl adjacent to an activating group) is 1. The van der Waals surface area contributed by atoms with Crippen LogP contribution in [-0.2, 0) is 43.8 Å². The number of carbonyl (C=O) groups excluding carboxylic acids is 2. The first kappa shape index (κ1) is 54.9. The molecule has 0 N–H and O–H groups in total. The zero-order chi connectivity index (χ0) is 46.4. The second-order valence-corrected chi connectivity index (χ2v) is 17.5. The van der Waals surface area contributed by atoms with Gasteiger partial charge in [-0.3, -0.25) is 18.7 Å². The molecule has 1 amide bonds. The number of hydrogen-bond donors (Lipinski definition) is 0. The summed E-state index contributed by atoms with van der Waals surface area (Å²) in [7, 11) is -1.23. The fourth-order valence-corrected chi connectivity index (χ4v) is 7.77. The minimum absolute atomic E-state index is 0.0108. The van der Waals surface area contributed by atoms with Crippen molar-refractivity contribution in [3.05, 3.63) is 29.5 Å². The summed E-state index contributed by atoms with van der Waals surface area (Å²) in [5.74, 6) is 12.0. The predicted molar refractivity (Wildman–Crippen MR) is 247 cm³/mol. The normalized spacial score (nSPS) is 14.6. The van der Waals surface area contributed by atoms with E-state index in [0.717, 1.165) is 19.4 Å². The van der Waals surface area contributed by atoms with E-state index in [-0.39, 0.29) is 45.7 Å². The summed E-state index contributed by atoms with van der Waals surface area (Å²) < 4.78 is 52.6. The molecule has 3 unspecified atom stereocenters. The topological polar surface area (TPSA) is 150 Å². The first-order chi connectivity index (χ1) is 31.0. The Kier molecular flexibility index (Phi) is 27.7. The van der Waals surface area contributed by atoms with Gasteiger partial charge in [0.05, 0.1) is 45.4 Å². The number of nitrogens with zero attached hydrogens (tertiary/aromatic N) is 3. The monoisotopic (exact) mass is 930 g/mol. The Balaban J connectivity index is 1.44. The molecule has 1 aliphatic rings. The van der Waals surface area contributed by atoms with E-state index in [1.165, 1.54) is 100 Å². The molecule has 0 saturated carbocycles. The van der Waals surface area contributed by atoms with Crippen molar-refractivity contribution < 1.29 is 51.8 Å². The Morgan fingerprint density at radius 1 is 0.875 bits per heavy atom. The average molecular weight is 932 g/mol. The smallest absolute Gasteiger partial charge is 0.308 e. The Bertz CT molecular complexity index is 1940. The third kappa shape index (κ3) is 21.7. The van der Waals surface area contributed by atoms with Crippen LogP contribution in [0.25, 0.3) is 10.9 Å². The van der Waals surface area contributed by atoms with E-state index in [0.29, 0.717) is 47.6 Å². The molecule has 2 aromatic rings.